The van der Waals surface area contributed by atoms with Crippen molar-refractivity contribution in [3.63, 3.8) is 0 Å². The van der Waals surface area contributed by atoms with Crippen LogP contribution in [0.15, 0.2) is 5.29 Å². The maximum Gasteiger partial charge on any atom is 0.342 e. The number of carbonyl (C=O) groups excluding carboxylic acids is 5. The number of urea groups is 1. The van der Waals surface area contributed by atoms with Gasteiger partial charge in [-0.25, -0.2) is 4.79 Å². The Balaban J connectivity index is 3.36. The molecule has 32 heavy (non-hydrogen) atoms. The molecule has 1 aliphatic rings. The van der Waals surface area contributed by atoms with Crippen LogP contribution in [0.5, 0.6) is 0 Å². The fourth-order valence-corrected chi connectivity index (χ4v) is 2.96. The third-order valence-corrected chi connectivity index (χ3v) is 4.05. The molecule has 1 fully saturated rings. The van der Waals surface area contributed by atoms with Gasteiger partial charge in [0.15, 0.2) is 24.5 Å². The summed E-state index contributed by atoms with van der Waals surface area (Å²) in [5.74, 6) is -3.29. The number of ether oxygens (including phenoxy) is 5. The van der Waals surface area contributed by atoms with Crippen molar-refractivity contribution in [3.8, 4) is 0 Å². The lowest BCUT2D eigenvalue weighted by Crippen LogP contribution is -2.66. The lowest BCUT2D eigenvalue weighted by Gasteiger charge is -2.44. The van der Waals surface area contributed by atoms with Crippen LogP contribution in [0.2, 0.25) is 0 Å². The number of hydrogen-bond acceptors (Lipinski definition) is 12. The van der Waals surface area contributed by atoms with E-state index in [0.717, 1.165) is 27.7 Å². The molecule has 0 aromatic heterocycles. The van der Waals surface area contributed by atoms with E-state index in [1.165, 1.54) is 0 Å². The van der Waals surface area contributed by atoms with Crippen LogP contribution in [0.25, 0.3) is 0 Å². The zero-order valence-electron chi connectivity index (χ0n) is 17.8. The highest BCUT2D eigenvalue weighted by molar-refractivity contribution is 6.18. The van der Waals surface area contributed by atoms with Crippen LogP contribution in [0.4, 0.5) is 4.79 Å². The summed E-state index contributed by atoms with van der Waals surface area (Å²) in [5.41, 5.74) is 0. The summed E-state index contributed by atoms with van der Waals surface area (Å²) in [7, 11) is 0. The highest BCUT2D eigenvalue weighted by Gasteiger charge is 2.52. The highest BCUT2D eigenvalue weighted by Crippen LogP contribution is 2.28. The second kappa shape index (κ2) is 12.8. The van der Waals surface area contributed by atoms with Gasteiger partial charge in [-0.15, -0.1) is 16.5 Å². The fraction of sp³-hybridized carbons (Fsp3) is 0.706. The third kappa shape index (κ3) is 8.26. The molecule has 5 atom stereocenters. The quantitative estimate of drug-likeness (QED) is 0.154. The smallest absolute Gasteiger partial charge is 0.342 e. The van der Waals surface area contributed by atoms with Gasteiger partial charge in [-0.1, -0.05) is 0 Å². The molecule has 0 aromatic carbocycles. The van der Waals surface area contributed by atoms with E-state index in [1.807, 2.05) is 0 Å². The molecule has 1 saturated heterocycles. The Bertz CT molecular complexity index is 735. The summed E-state index contributed by atoms with van der Waals surface area (Å²) in [4.78, 5) is 69.6. The monoisotopic (exact) mass is 481 g/mol. The predicted molar refractivity (Wildman–Crippen MR) is 104 cm³/mol. The Morgan fingerprint density at radius 1 is 0.906 bits per heavy atom. The average Bonchev–Trinajstić information content (AvgIpc) is 2.67. The molecule has 1 N–H and O–H groups in total. The van der Waals surface area contributed by atoms with Gasteiger partial charge in [-0.05, 0) is 0 Å². The summed E-state index contributed by atoms with van der Waals surface area (Å²) in [6, 6.07) is -1.07. The first-order chi connectivity index (χ1) is 15.0. The van der Waals surface area contributed by atoms with Gasteiger partial charge in [0.25, 0.3) is 0 Å². The Kier molecular flexibility index (Phi) is 10.8. The Morgan fingerprint density at radius 3 is 1.91 bits per heavy atom. The fourth-order valence-electron chi connectivity index (χ4n) is 2.80. The Hall–Kier alpha value is -3.00. The minimum atomic E-state index is -1.53. The largest absolute Gasteiger partial charge is 0.463 e. The maximum atomic E-state index is 12.4. The van der Waals surface area contributed by atoms with E-state index in [1.54, 1.807) is 0 Å². The van der Waals surface area contributed by atoms with Crippen LogP contribution >= 0.6 is 11.6 Å². The van der Waals surface area contributed by atoms with Crippen LogP contribution < -0.4 is 5.32 Å². The molecule has 1 aliphatic heterocycles. The molecular formula is C17H24ClN3O11. The zero-order chi connectivity index (χ0) is 24.4. The van der Waals surface area contributed by atoms with Crippen molar-refractivity contribution in [1.29, 1.82) is 0 Å². The van der Waals surface area contributed by atoms with Gasteiger partial charge in [-0.3, -0.25) is 19.2 Å². The van der Waals surface area contributed by atoms with Crippen molar-refractivity contribution in [3.05, 3.63) is 4.91 Å². The van der Waals surface area contributed by atoms with E-state index in [-0.39, 0.29) is 12.4 Å². The van der Waals surface area contributed by atoms with Crippen LogP contribution in [-0.2, 0) is 42.9 Å². The number of esters is 4. The van der Waals surface area contributed by atoms with Gasteiger partial charge in [0.1, 0.15) is 12.7 Å². The zero-order valence-corrected chi connectivity index (χ0v) is 18.5. The number of rotatable bonds is 9. The number of hydrogen-bond donors (Lipinski definition) is 1. The number of nitrogens with one attached hydrogen (secondary N) is 1. The molecule has 1 rings (SSSR count). The van der Waals surface area contributed by atoms with Crippen molar-refractivity contribution in [2.45, 2.75) is 58.3 Å². The van der Waals surface area contributed by atoms with E-state index >= 15 is 0 Å². The van der Waals surface area contributed by atoms with Gasteiger partial charge >= 0.3 is 29.9 Å². The molecule has 14 nitrogen and oxygen atoms in total. The highest BCUT2D eigenvalue weighted by atomic mass is 35.5. The maximum absolute atomic E-state index is 12.4. The van der Waals surface area contributed by atoms with Crippen molar-refractivity contribution < 1.29 is 47.7 Å². The van der Waals surface area contributed by atoms with Crippen molar-refractivity contribution >= 4 is 41.5 Å². The van der Waals surface area contributed by atoms with Gasteiger partial charge in [0.2, 0.25) is 0 Å². The van der Waals surface area contributed by atoms with Gasteiger partial charge in [-0.2, -0.15) is 5.01 Å². The van der Waals surface area contributed by atoms with Crippen LogP contribution in [0.3, 0.4) is 0 Å². The molecule has 1 heterocycles. The first-order valence-electron chi connectivity index (χ1n) is 9.27. The minimum absolute atomic E-state index is 0.113. The standard InChI is InChI=1S/C17H24ClN3O11/c1-8(22)28-7-12-13(29-9(2)23)14(30-10(3)24)15(31-11(4)25)16(32-12)19-17(26)21(20-27)6-5-18/h12-16H,5-7H2,1-4H3,(H,19,26)/t12?,13-,14-,15-,16-/m0/s1. The van der Waals surface area contributed by atoms with Gasteiger partial charge in [0, 0.05) is 33.6 Å². The molecule has 0 bridgehead atoms. The third-order valence-electron chi connectivity index (χ3n) is 3.89. The lowest BCUT2D eigenvalue weighted by atomic mass is 9.97. The summed E-state index contributed by atoms with van der Waals surface area (Å²) in [6.45, 7) is 3.57. The summed E-state index contributed by atoms with van der Waals surface area (Å²) in [5, 5.41) is 5.24. The van der Waals surface area contributed by atoms with Crippen molar-refractivity contribution in [2.24, 2.45) is 5.29 Å². The molecule has 1 unspecified atom stereocenters. The van der Waals surface area contributed by atoms with E-state index in [4.69, 9.17) is 35.3 Å². The van der Waals surface area contributed by atoms with Crippen molar-refractivity contribution in [2.75, 3.05) is 19.0 Å². The second-order valence-electron chi connectivity index (χ2n) is 6.46. The molecule has 180 valence electrons. The number of nitroso groups, excluding NO2 is 1. The van der Waals surface area contributed by atoms with Crippen LogP contribution in [0.1, 0.15) is 27.7 Å². The van der Waals surface area contributed by atoms with E-state index in [2.05, 4.69) is 10.6 Å². The Morgan fingerprint density at radius 2 is 1.44 bits per heavy atom. The summed E-state index contributed by atoms with van der Waals surface area (Å²) >= 11 is 5.53. The molecule has 0 saturated carbocycles. The molecule has 0 spiro atoms. The molecule has 0 aliphatic carbocycles. The SMILES string of the molecule is CC(=O)OCC1O[C@H](NC(=O)N(CCCl)N=O)[C@@H](OC(C)=O)[C@@H](OC(C)=O)[C@H]1OC(C)=O. The second-order valence-corrected chi connectivity index (χ2v) is 6.84. The predicted octanol–water partition coefficient (Wildman–Crippen LogP) is 0.00130. The topological polar surface area (TPSA) is 176 Å². The number of alkyl halides is 1. The van der Waals surface area contributed by atoms with E-state index in [9.17, 15) is 28.9 Å². The molecule has 2 amide bonds. The van der Waals surface area contributed by atoms with Gasteiger partial charge in [0.05, 0.1) is 11.8 Å². The molecule has 0 aromatic rings. The first-order valence-corrected chi connectivity index (χ1v) is 9.81. The lowest BCUT2D eigenvalue weighted by molar-refractivity contribution is -0.255. The number of halogens is 1. The Labute approximate surface area is 187 Å². The minimum Gasteiger partial charge on any atom is -0.463 e. The molecule has 15 heteroatoms. The van der Waals surface area contributed by atoms with E-state index in [0.29, 0.717) is 5.01 Å². The van der Waals surface area contributed by atoms with Gasteiger partial charge < -0.3 is 29.0 Å². The number of amides is 2. The summed E-state index contributed by atoms with van der Waals surface area (Å²) in [6.07, 6.45) is -7.14. The van der Waals surface area contributed by atoms with Crippen LogP contribution in [0, 0.1) is 4.91 Å². The molecule has 0 radical (unpaired) electrons. The van der Waals surface area contributed by atoms with Crippen LogP contribution in [-0.4, -0.2) is 84.6 Å². The first kappa shape index (κ1) is 27.0. The average molecular weight is 482 g/mol. The normalized spacial score (nSPS) is 24.5. The summed E-state index contributed by atoms with van der Waals surface area (Å²) < 4.78 is 26.1. The molecular weight excluding hydrogens is 458 g/mol. The number of carbonyl (C=O) groups is 5. The van der Waals surface area contributed by atoms with Crippen molar-refractivity contribution in [1.82, 2.24) is 10.3 Å². The number of nitrogens with zero attached hydrogens (tertiary/aromatic N) is 2. The van der Waals surface area contributed by atoms with E-state index < -0.39 is 67.2 Å².